The van der Waals surface area contributed by atoms with E-state index in [1.165, 1.54) is 4.31 Å². The van der Waals surface area contributed by atoms with E-state index in [0.29, 0.717) is 25.1 Å². The maximum atomic E-state index is 12.8. The Hall–Kier alpha value is -2.71. The van der Waals surface area contributed by atoms with Crippen molar-refractivity contribution in [3.8, 4) is 0 Å². The Bertz CT molecular complexity index is 901. The minimum atomic E-state index is -3.62. The van der Waals surface area contributed by atoms with Gasteiger partial charge >= 0.3 is 11.8 Å². The number of rotatable bonds is 5. The molecule has 27 heavy (non-hydrogen) atoms. The van der Waals surface area contributed by atoms with Crippen LogP contribution in [0.4, 0.5) is 5.69 Å². The van der Waals surface area contributed by atoms with Gasteiger partial charge < -0.3 is 10.6 Å². The van der Waals surface area contributed by atoms with Crippen molar-refractivity contribution >= 4 is 27.5 Å². The van der Waals surface area contributed by atoms with Crippen molar-refractivity contribution in [1.29, 1.82) is 0 Å². The van der Waals surface area contributed by atoms with Gasteiger partial charge in [0.05, 0.1) is 4.90 Å². The fraction of sp³-hybridized carbons (Fsp3) is 0.263. The van der Waals surface area contributed by atoms with Crippen LogP contribution in [0.25, 0.3) is 0 Å². The normalized spacial score (nSPS) is 17.4. The smallest absolute Gasteiger partial charge is 0.313 e. The first-order valence-corrected chi connectivity index (χ1v) is 10.1. The number of benzene rings is 2. The van der Waals surface area contributed by atoms with Crippen molar-refractivity contribution in [3.05, 3.63) is 60.7 Å². The highest BCUT2D eigenvalue weighted by Gasteiger charge is 2.35. The number of carbonyl (C=O) groups excluding carboxylic acids is 2. The van der Waals surface area contributed by atoms with Crippen LogP contribution in [0.2, 0.25) is 0 Å². The van der Waals surface area contributed by atoms with E-state index in [4.69, 9.17) is 0 Å². The van der Waals surface area contributed by atoms with E-state index in [2.05, 4.69) is 10.6 Å². The van der Waals surface area contributed by atoms with Gasteiger partial charge in [-0.3, -0.25) is 9.59 Å². The molecular weight excluding hydrogens is 366 g/mol. The van der Waals surface area contributed by atoms with E-state index in [1.807, 2.05) is 0 Å². The zero-order chi connectivity index (χ0) is 19.3. The van der Waals surface area contributed by atoms with Crippen molar-refractivity contribution in [1.82, 2.24) is 9.62 Å². The average molecular weight is 387 g/mol. The molecule has 1 unspecified atom stereocenters. The molecule has 7 nitrogen and oxygen atoms in total. The van der Waals surface area contributed by atoms with Crippen molar-refractivity contribution < 1.29 is 18.0 Å². The molecule has 1 aliphatic heterocycles. The Kier molecular flexibility index (Phi) is 5.88. The SMILES string of the molecule is O=C(NCC1CCCN1S(=O)(=O)c1ccccc1)C(=O)Nc1ccccc1. The topological polar surface area (TPSA) is 95.6 Å². The third-order valence-corrected chi connectivity index (χ3v) is 6.38. The largest absolute Gasteiger partial charge is 0.346 e. The first-order chi connectivity index (χ1) is 13.0. The number of para-hydroxylation sites is 1. The highest BCUT2D eigenvalue weighted by Crippen LogP contribution is 2.25. The van der Waals surface area contributed by atoms with Crippen LogP contribution in [0.5, 0.6) is 0 Å². The molecule has 1 heterocycles. The molecule has 0 spiro atoms. The van der Waals surface area contributed by atoms with Crippen molar-refractivity contribution in [2.45, 2.75) is 23.8 Å². The van der Waals surface area contributed by atoms with Crippen LogP contribution in [0.1, 0.15) is 12.8 Å². The van der Waals surface area contributed by atoms with E-state index in [-0.39, 0.29) is 17.5 Å². The number of nitrogens with one attached hydrogen (secondary N) is 2. The fourth-order valence-corrected chi connectivity index (χ4v) is 4.77. The van der Waals surface area contributed by atoms with Gasteiger partial charge in [-0.15, -0.1) is 0 Å². The number of anilines is 1. The lowest BCUT2D eigenvalue weighted by Gasteiger charge is -2.24. The van der Waals surface area contributed by atoms with Crippen molar-refractivity contribution in [3.63, 3.8) is 0 Å². The molecule has 1 atom stereocenters. The van der Waals surface area contributed by atoms with Gasteiger partial charge in [0.25, 0.3) is 0 Å². The molecule has 0 radical (unpaired) electrons. The van der Waals surface area contributed by atoms with E-state index in [0.717, 1.165) is 0 Å². The van der Waals surface area contributed by atoms with Crippen molar-refractivity contribution in [2.75, 3.05) is 18.4 Å². The van der Waals surface area contributed by atoms with Crippen LogP contribution < -0.4 is 10.6 Å². The molecule has 2 aromatic rings. The maximum Gasteiger partial charge on any atom is 0.313 e. The van der Waals surface area contributed by atoms with Gasteiger partial charge in [0.2, 0.25) is 10.0 Å². The molecule has 0 bridgehead atoms. The first-order valence-electron chi connectivity index (χ1n) is 8.69. The Morgan fingerprint density at radius 2 is 1.59 bits per heavy atom. The predicted octanol–water partition coefficient (Wildman–Crippen LogP) is 1.59. The summed E-state index contributed by atoms with van der Waals surface area (Å²) in [6, 6.07) is 16.5. The van der Waals surface area contributed by atoms with E-state index in [1.54, 1.807) is 60.7 Å². The lowest BCUT2D eigenvalue weighted by Crippen LogP contribution is -2.45. The molecule has 2 N–H and O–H groups in total. The predicted molar refractivity (Wildman–Crippen MR) is 101 cm³/mol. The van der Waals surface area contributed by atoms with Gasteiger partial charge in [0.1, 0.15) is 0 Å². The molecule has 3 rings (SSSR count). The van der Waals surface area contributed by atoms with Crippen LogP contribution in [-0.2, 0) is 19.6 Å². The second kappa shape index (κ2) is 8.32. The molecule has 1 saturated heterocycles. The third-order valence-electron chi connectivity index (χ3n) is 4.41. The molecule has 142 valence electrons. The molecule has 0 aromatic heterocycles. The molecule has 2 aromatic carbocycles. The van der Waals surface area contributed by atoms with Crippen molar-refractivity contribution in [2.24, 2.45) is 0 Å². The summed E-state index contributed by atoms with van der Waals surface area (Å²) in [5.74, 6) is -1.57. The highest BCUT2D eigenvalue weighted by atomic mass is 32.2. The molecule has 1 aliphatic rings. The first kappa shape index (κ1) is 19.1. The molecule has 0 saturated carbocycles. The lowest BCUT2D eigenvalue weighted by atomic mass is 10.2. The zero-order valence-electron chi connectivity index (χ0n) is 14.7. The second-order valence-electron chi connectivity index (χ2n) is 6.26. The molecule has 8 heteroatoms. The molecule has 0 aliphatic carbocycles. The number of hydrogen-bond donors (Lipinski definition) is 2. The van der Waals surface area contributed by atoms with Crippen LogP contribution in [0.3, 0.4) is 0 Å². The van der Waals surface area contributed by atoms with Gasteiger partial charge in [-0.2, -0.15) is 4.31 Å². The van der Waals surface area contributed by atoms with E-state index in [9.17, 15) is 18.0 Å². The number of amides is 2. The van der Waals surface area contributed by atoms with E-state index < -0.39 is 21.8 Å². The Morgan fingerprint density at radius 3 is 2.26 bits per heavy atom. The molecule has 1 fully saturated rings. The van der Waals surface area contributed by atoms with Crippen LogP contribution in [0, 0.1) is 0 Å². The minimum Gasteiger partial charge on any atom is -0.346 e. The summed E-state index contributed by atoms with van der Waals surface area (Å²) in [6.07, 6.45) is 1.34. The Labute approximate surface area is 158 Å². The van der Waals surface area contributed by atoms with Crippen LogP contribution >= 0.6 is 0 Å². The van der Waals surface area contributed by atoms with E-state index >= 15 is 0 Å². The summed E-state index contributed by atoms with van der Waals surface area (Å²) in [7, 11) is -3.62. The number of carbonyl (C=O) groups is 2. The lowest BCUT2D eigenvalue weighted by molar-refractivity contribution is -0.136. The summed E-state index contributed by atoms with van der Waals surface area (Å²) in [5, 5.41) is 5.04. The number of hydrogen-bond acceptors (Lipinski definition) is 4. The van der Waals surface area contributed by atoms with Gasteiger partial charge in [-0.05, 0) is 37.1 Å². The van der Waals surface area contributed by atoms with Gasteiger partial charge in [-0.1, -0.05) is 36.4 Å². The summed E-state index contributed by atoms with van der Waals surface area (Å²) >= 11 is 0. The highest BCUT2D eigenvalue weighted by molar-refractivity contribution is 7.89. The van der Waals surface area contributed by atoms with Gasteiger partial charge in [0, 0.05) is 24.8 Å². The Balaban J connectivity index is 1.60. The molecular formula is C19H21N3O4S. The van der Waals surface area contributed by atoms with Gasteiger partial charge in [-0.25, -0.2) is 8.42 Å². The zero-order valence-corrected chi connectivity index (χ0v) is 15.5. The summed E-state index contributed by atoms with van der Waals surface area (Å²) in [4.78, 5) is 24.2. The Morgan fingerprint density at radius 1 is 0.963 bits per heavy atom. The van der Waals surface area contributed by atoms with Crippen LogP contribution in [-0.4, -0.2) is 43.7 Å². The standard InChI is InChI=1S/C19H21N3O4S/c23-18(19(24)21-15-8-3-1-4-9-15)20-14-16-10-7-13-22(16)27(25,26)17-11-5-2-6-12-17/h1-6,8-9,11-12,16H,7,10,13-14H2,(H,20,23)(H,21,24). The maximum absolute atomic E-state index is 12.8. The average Bonchev–Trinajstić information content (AvgIpc) is 3.17. The number of sulfonamides is 1. The minimum absolute atomic E-state index is 0.0904. The van der Waals surface area contributed by atoms with Gasteiger partial charge in [0.15, 0.2) is 0 Å². The second-order valence-corrected chi connectivity index (χ2v) is 8.15. The summed E-state index contributed by atoms with van der Waals surface area (Å²) in [5.41, 5.74) is 0.520. The van der Waals surface area contributed by atoms with Crippen LogP contribution in [0.15, 0.2) is 65.6 Å². The number of nitrogens with zero attached hydrogens (tertiary/aromatic N) is 1. The fourth-order valence-electron chi connectivity index (χ4n) is 3.06. The third kappa shape index (κ3) is 4.53. The monoisotopic (exact) mass is 387 g/mol. The molecule has 2 amide bonds. The summed E-state index contributed by atoms with van der Waals surface area (Å²) < 4.78 is 27.0. The summed E-state index contributed by atoms with van der Waals surface area (Å²) in [6.45, 7) is 0.487. The quantitative estimate of drug-likeness (QED) is 0.762.